The highest BCUT2D eigenvalue weighted by atomic mass is 35.5. The lowest BCUT2D eigenvalue weighted by Gasteiger charge is -2.10. The summed E-state index contributed by atoms with van der Waals surface area (Å²) in [6.07, 6.45) is 1.69. The molecular weight excluding hydrogens is 302 g/mol. The molecule has 0 fully saturated rings. The Bertz CT molecular complexity index is 620. The van der Waals surface area contributed by atoms with Gasteiger partial charge < -0.3 is 15.4 Å². The number of ether oxygens (including phenoxy) is 1. The number of urea groups is 1. The second-order valence-corrected chi connectivity index (χ2v) is 5.13. The van der Waals surface area contributed by atoms with E-state index in [2.05, 4.69) is 15.6 Å². The van der Waals surface area contributed by atoms with Crippen LogP contribution in [0, 0.1) is 6.92 Å². The monoisotopic (exact) mass is 319 g/mol. The number of hydrogen-bond acceptors (Lipinski definition) is 3. The largest absolute Gasteiger partial charge is 0.491 e. The minimum atomic E-state index is -0.248. The molecular formula is C16H18ClN3O2. The Morgan fingerprint density at radius 3 is 2.86 bits per heavy atom. The summed E-state index contributed by atoms with van der Waals surface area (Å²) in [5.41, 5.74) is 1.78. The number of nitrogens with zero attached hydrogens (tertiary/aromatic N) is 1. The van der Waals surface area contributed by atoms with E-state index in [9.17, 15) is 4.79 Å². The van der Waals surface area contributed by atoms with Gasteiger partial charge in [0.25, 0.3) is 0 Å². The van der Waals surface area contributed by atoms with Crippen molar-refractivity contribution < 1.29 is 9.53 Å². The fourth-order valence-corrected chi connectivity index (χ4v) is 2.06. The number of hydrogen-bond donors (Lipinski definition) is 2. The Balaban J connectivity index is 1.65. The Labute approximate surface area is 134 Å². The third-order valence-corrected chi connectivity index (χ3v) is 3.17. The summed E-state index contributed by atoms with van der Waals surface area (Å²) >= 11 is 5.88. The van der Waals surface area contributed by atoms with Crippen molar-refractivity contribution in [1.29, 1.82) is 0 Å². The van der Waals surface area contributed by atoms with Gasteiger partial charge in [0, 0.05) is 11.2 Å². The first-order valence-corrected chi connectivity index (χ1v) is 7.33. The van der Waals surface area contributed by atoms with Crippen molar-refractivity contribution in [2.24, 2.45) is 0 Å². The molecule has 1 heterocycles. The number of benzene rings is 1. The van der Waals surface area contributed by atoms with Crippen LogP contribution in [0.3, 0.4) is 0 Å². The normalized spacial score (nSPS) is 10.1. The molecule has 2 aromatic rings. The summed E-state index contributed by atoms with van der Waals surface area (Å²) in [6, 6.07) is 10.7. The molecule has 1 aromatic carbocycles. The van der Waals surface area contributed by atoms with Crippen LogP contribution in [-0.4, -0.2) is 24.2 Å². The third kappa shape index (κ3) is 5.26. The zero-order chi connectivity index (χ0) is 15.8. The molecule has 1 aromatic heterocycles. The minimum absolute atomic E-state index is 0.248. The molecule has 0 aliphatic rings. The van der Waals surface area contributed by atoms with Gasteiger partial charge in [0.15, 0.2) is 0 Å². The first kappa shape index (κ1) is 16.1. The van der Waals surface area contributed by atoms with Crippen molar-refractivity contribution in [2.75, 3.05) is 13.2 Å². The van der Waals surface area contributed by atoms with Gasteiger partial charge in [-0.25, -0.2) is 4.79 Å². The van der Waals surface area contributed by atoms with E-state index in [0.717, 1.165) is 17.0 Å². The van der Waals surface area contributed by atoms with Crippen molar-refractivity contribution in [3.05, 3.63) is 58.9 Å². The Kier molecular flexibility index (Phi) is 6.03. The lowest BCUT2D eigenvalue weighted by molar-refractivity contribution is 0.236. The molecule has 0 bridgehead atoms. The number of pyridine rings is 1. The number of nitrogens with one attached hydrogen (secondary N) is 2. The third-order valence-electron chi connectivity index (χ3n) is 2.94. The highest BCUT2D eigenvalue weighted by molar-refractivity contribution is 6.30. The Morgan fingerprint density at radius 2 is 2.14 bits per heavy atom. The number of aryl methyl sites for hydroxylation is 1. The van der Waals surface area contributed by atoms with E-state index in [0.29, 0.717) is 24.7 Å². The molecule has 116 valence electrons. The predicted octanol–water partition coefficient (Wildman–Crippen LogP) is 2.92. The summed E-state index contributed by atoms with van der Waals surface area (Å²) in [5.74, 6) is 0.764. The lowest BCUT2D eigenvalue weighted by atomic mass is 10.2. The Morgan fingerprint density at radius 1 is 1.27 bits per heavy atom. The van der Waals surface area contributed by atoms with Gasteiger partial charge in [-0.05, 0) is 42.8 Å². The maximum absolute atomic E-state index is 11.6. The molecule has 0 saturated heterocycles. The van der Waals surface area contributed by atoms with E-state index < -0.39 is 0 Å². The SMILES string of the molecule is Cc1cc(Cl)ccc1OCCNC(=O)NCc1ccccn1. The van der Waals surface area contributed by atoms with Crippen molar-refractivity contribution in [1.82, 2.24) is 15.6 Å². The smallest absolute Gasteiger partial charge is 0.315 e. The molecule has 0 saturated carbocycles. The van der Waals surface area contributed by atoms with Crippen molar-refractivity contribution >= 4 is 17.6 Å². The molecule has 6 heteroatoms. The second-order valence-electron chi connectivity index (χ2n) is 4.69. The van der Waals surface area contributed by atoms with Crippen LogP contribution in [0.1, 0.15) is 11.3 Å². The van der Waals surface area contributed by atoms with Gasteiger partial charge in [0.1, 0.15) is 12.4 Å². The van der Waals surface area contributed by atoms with Gasteiger partial charge in [-0.15, -0.1) is 0 Å². The molecule has 0 aliphatic carbocycles. The highest BCUT2D eigenvalue weighted by Gasteiger charge is 2.02. The molecule has 5 nitrogen and oxygen atoms in total. The van der Waals surface area contributed by atoms with Gasteiger partial charge in [0.2, 0.25) is 0 Å². The second kappa shape index (κ2) is 8.24. The molecule has 2 N–H and O–H groups in total. The van der Waals surface area contributed by atoms with Crippen LogP contribution in [0.5, 0.6) is 5.75 Å². The van der Waals surface area contributed by atoms with E-state index in [1.54, 1.807) is 12.3 Å². The number of aromatic nitrogens is 1. The maximum atomic E-state index is 11.6. The zero-order valence-corrected chi connectivity index (χ0v) is 13.1. The predicted molar refractivity (Wildman–Crippen MR) is 86.2 cm³/mol. The molecule has 0 spiro atoms. The number of halogens is 1. The first-order valence-electron chi connectivity index (χ1n) is 6.96. The fraction of sp³-hybridized carbons (Fsp3) is 0.250. The van der Waals surface area contributed by atoms with Gasteiger partial charge in [0.05, 0.1) is 18.8 Å². The van der Waals surface area contributed by atoms with Crippen molar-refractivity contribution in [3.8, 4) is 5.75 Å². The van der Waals surface area contributed by atoms with Crippen LogP contribution < -0.4 is 15.4 Å². The van der Waals surface area contributed by atoms with Crippen LogP contribution in [0.15, 0.2) is 42.6 Å². The molecule has 0 radical (unpaired) electrons. The van der Waals surface area contributed by atoms with E-state index in [1.807, 2.05) is 37.3 Å². The minimum Gasteiger partial charge on any atom is -0.491 e. The average molecular weight is 320 g/mol. The van der Waals surface area contributed by atoms with Crippen molar-refractivity contribution in [2.45, 2.75) is 13.5 Å². The number of amides is 2. The van der Waals surface area contributed by atoms with Crippen LogP contribution in [0.25, 0.3) is 0 Å². The maximum Gasteiger partial charge on any atom is 0.315 e. The summed E-state index contributed by atoms with van der Waals surface area (Å²) in [5, 5.41) is 6.13. The van der Waals surface area contributed by atoms with E-state index in [-0.39, 0.29) is 6.03 Å². The van der Waals surface area contributed by atoms with E-state index >= 15 is 0 Å². The number of carbonyl (C=O) groups is 1. The Hall–Kier alpha value is -2.27. The quantitative estimate of drug-likeness (QED) is 0.805. The summed E-state index contributed by atoms with van der Waals surface area (Å²) in [7, 11) is 0. The van der Waals surface area contributed by atoms with Gasteiger partial charge >= 0.3 is 6.03 Å². The number of rotatable bonds is 6. The molecule has 0 aliphatic heterocycles. The van der Waals surface area contributed by atoms with E-state index in [4.69, 9.17) is 16.3 Å². The van der Waals surface area contributed by atoms with Crippen molar-refractivity contribution in [3.63, 3.8) is 0 Å². The standard InChI is InChI=1S/C16H18ClN3O2/c1-12-10-13(17)5-6-15(12)22-9-8-19-16(21)20-11-14-4-2-3-7-18-14/h2-7,10H,8-9,11H2,1H3,(H2,19,20,21). The number of carbonyl (C=O) groups excluding carboxylic acids is 1. The van der Waals surface area contributed by atoms with Crippen LogP contribution in [0.4, 0.5) is 4.79 Å². The zero-order valence-electron chi connectivity index (χ0n) is 12.3. The summed E-state index contributed by atoms with van der Waals surface area (Å²) in [4.78, 5) is 15.7. The summed E-state index contributed by atoms with van der Waals surface area (Å²) in [6.45, 7) is 3.12. The van der Waals surface area contributed by atoms with Gasteiger partial charge in [-0.1, -0.05) is 17.7 Å². The summed E-state index contributed by atoms with van der Waals surface area (Å²) < 4.78 is 5.59. The molecule has 0 unspecified atom stereocenters. The lowest BCUT2D eigenvalue weighted by Crippen LogP contribution is -2.37. The van der Waals surface area contributed by atoms with E-state index in [1.165, 1.54) is 0 Å². The fourth-order valence-electron chi connectivity index (χ4n) is 1.84. The van der Waals surface area contributed by atoms with Gasteiger partial charge in [-0.2, -0.15) is 0 Å². The first-order chi connectivity index (χ1) is 10.6. The van der Waals surface area contributed by atoms with Gasteiger partial charge in [-0.3, -0.25) is 4.98 Å². The molecule has 22 heavy (non-hydrogen) atoms. The molecule has 2 rings (SSSR count). The van der Waals surface area contributed by atoms with Crippen LogP contribution >= 0.6 is 11.6 Å². The highest BCUT2D eigenvalue weighted by Crippen LogP contribution is 2.21. The molecule has 2 amide bonds. The topological polar surface area (TPSA) is 63.2 Å². The molecule has 0 atom stereocenters. The average Bonchev–Trinajstić information content (AvgIpc) is 2.52. The van der Waals surface area contributed by atoms with Crippen LogP contribution in [-0.2, 0) is 6.54 Å². The van der Waals surface area contributed by atoms with Crippen LogP contribution in [0.2, 0.25) is 5.02 Å².